The highest BCUT2D eigenvalue weighted by molar-refractivity contribution is 5.84. The van der Waals surface area contributed by atoms with E-state index >= 15 is 0 Å². The van der Waals surface area contributed by atoms with Crippen molar-refractivity contribution in [2.24, 2.45) is 5.73 Å². The third kappa shape index (κ3) is 6.23. The SMILES string of the molecule is N[C@H]1C[C@@H](n2cnc3c(NCC(c4ccccc4)c4ccccc4)nc(N4CC[C@@H](NC(=O)N[C@@H]5CCNC5)C4)nc32)[C@H](O)[C@@H]1O. The number of benzene rings is 2. The zero-order valence-electron chi connectivity index (χ0n) is 25.7. The number of aliphatic hydroxyl groups excluding tert-OH is 2. The normalized spacial score (nSPS) is 26.2. The lowest BCUT2D eigenvalue weighted by atomic mass is 9.91. The molecular formula is C33H42N10O3. The van der Waals surface area contributed by atoms with Crippen LogP contribution >= 0.6 is 0 Å². The van der Waals surface area contributed by atoms with Gasteiger partial charge >= 0.3 is 6.03 Å². The Bertz CT molecular complexity index is 1590. The number of amides is 2. The van der Waals surface area contributed by atoms with Gasteiger partial charge in [0.2, 0.25) is 5.95 Å². The summed E-state index contributed by atoms with van der Waals surface area (Å²) in [6, 6.07) is 19.6. The highest BCUT2D eigenvalue weighted by Crippen LogP contribution is 2.35. The number of fused-ring (bicyclic) bond motifs is 1. The van der Waals surface area contributed by atoms with Gasteiger partial charge in [-0.05, 0) is 36.9 Å². The van der Waals surface area contributed by atoms with E-state index in [-0.39, 0.29) is 24.0 Å². The molecule has 46 heavy (non-hydrogen) atoms. The number of rotatable bonds is 9. The fourth-order valence-electron chi connectivity index (χ4n) is 6.98. The van der Waals surface area contributed by atoms with Crippen LogP contribution in [0, 0.1) is 0 Å². The molecule has 0 radical (unpaired) electrons. The van der Waals surface area contributed by atoms with Gasteiger partial charge in [-0.2, -0.15) is 9.97 Å². The van der Waals surface area contributed by atoms with E-state index in [4.69, 9.17) is 20.7 Å². The summed E-state index contributed by atoms with van der Waals surface area (Å²) in [7, 11) is 0. The summed E-state index contributed by atoms with van der Waals surface area (Å²) in [5.41, 5.74) is 9.60. The Morgan fingerprint density at radius 2 is 1.70 bits per heavy atom. The summed E-state index contributed by atoms with van der Waals surface area (Å²) in [6.07, 6.45) is 1.64. The number of hydrogen-bond acceptors (Lipinski definition) is 10. The minimum atomic E-state index is -1.04. The number of hydrogen-bond donors (Lipinski definition) is 7. The molecule has 2 aliphatic heterocycles. The van der Waals surface area contributed by atoms with Crippen molar-refractivity contribution < 1.29 is 15.0 Å². The van der Waals surface area contributed by atoms with E-state index in [9.17, 15) is 15.0 Å². The maximum Gasteiger partial charge on any atom is 0.315 e. The van der Waals surface area contributed by atoms with Crippen LogP contribution in [0.2, 0.25) is 0 Å². The van der Waals surface area contributed by atoms with Crippen molar-refractivity contribution in [1.82, 2.24) is 35.5 Å². The number of nitrogens with zero attached hydrogens (tertiary/aromatic N) is 5. The number of carbonyl (C=O) groups excluding carboxylic acids is 1. The minimum absolute atomic E-state index is 0.0525. The topological polar surface area (TPSA) is 179 Å². The molecule has 8 N–H and O–H groups in total. The first-order chi connectivity index (χ1) is 22.4. The number of urea groups is 1. The molecule has 6 atom stereocenters. The summed E-state index contributed by atoms with van der Waals surface area (Å²) in [4.78, 5) is 29.4. The van der Waals surface area contributed by atoms with E-state index < -0.39 is 24.3 Å². The summed E-state index contributed by atoms with van der Waals surface area (Å²) in [5.74, 6) is 1.14. The highest BCUT2D eigenvalue weighted by atomic mass is 16.3. The maximum absolute atomic E-state index is 12.7. The molecule has 2 aromatic carbocycles. The van der Waals surface area contributed by atoms with Crippen molar-refractivity contribution in [3.63, 3.8) is 0 Å². The van der Waals surface area contributed by atoms with Crippen LogP contribution in [0.25, 0.3) is 11.2 Å². The lowest BCUT2D eigenvalue weighted by Crippen LogP contribution is -2.47. The van der Waals surface area contributed by atoms with Crippen LogP contribution in [0.3, 0.4) is 0 Å². The van der Waals surface area contributed by atoms with Crippen LogP contribution in [-0.4, -0.2) is 98.8 Å². The van der Waals surface area contributed by atoms with Gasteiger partial charge in [0.25, 0.3) is 0 Å². The number of aromatic nitrogens is 4. The van der Waals surface area contributed by atoms with Gasteiger partial charge < -0.3 is 46.7 Å². The summed E-state index contributed by atoms with van der Waals surface area (Å²) in [6.45, 7) is 3.48. The molecule has 0 spiro atoms. The van der Waals surface area contributed by atoms with Crippen LogP contribution in [0.15, 0.2) is 67.0 Å². The summed E-state index contributed by atoms with van der Waals surface area (Å²) < 4.78 is 1.81. The molecule has 2 aromatic heterocycles. The molecule has 3 fully saturated rings. The van der Waals surface area contributed by atoms with Crippen LogP contribution in [0.4, 0.5) is 16.6 Å². The average molecular weight is 627 g/mol. The molecule has 3 aliphatic rings. The van der Waals surface area contributed by atoms with Gasteiger partial charge in [0.1, 0.15) is 6.10 Å². The Morgan fingerprint density at radius 3 is 2.35 bits per heavy atom. The number of carbonyl (C=O) groups is 1. The first-order valence-corrected chi connectivity index (χ1v) is 16.2. The van der Waals surface area contributed by atoms with Gasteiger partial charge in [-0.25, -0.2) is 9.78 Å². The van der Waals surface area contributed by atoms with Crippen molar-refractivity contribution in [3.8, 4) is 0 Å². The molecule has 0 unspecified atom stereocenters. The zero-order valence-corrected chi connectivity index (χ0v) is 25.7. The van der Waals surface area contributed by atoms with Crippen LogP contribution in [0.1, 0.15) is 42.3 Å². The lowest BCUT2D eigenvalue weighted by Gasteiger charge is -2.22. The number of nitrogens with two attached hydrogens (primary N) is 1. The average Bonchev–Trinajstić information content (AvgIpc) is 3.89. The van der Waals surface area contributed by atoms with E-state index in [1.807, 2.05) is 41.0 Å². The molecule has 0 bridgehead atoms. The molecular weight excluding hydrogens is 584 g/mol. The first kappa shape index (κ1) is 30.4. The predicted octanol–water partition coefficient (Wildman–Crippen LogP) is 1.30. The minimum Gasteiger partial charge on any atom is -0.389 e. The van der Waals surface area contributed by atoms with Gasteiger partial charge in [0.15, 0.2) is 17.0 Å². The van der Waals surface area contributed by atoms with E-state index in [1.165, 1.54) is 11.1 Å². The molecule has 1 aliphatic carbocycles. The van der Waals surface area contributed by atoms with Crippen molar-refractivity contribution in [3.05, 3.63) is 78.1 Å². The Hall–Kier alpha value is -4.30. The van der Waals surface area contributed by atoms with E-state index in [0.717, 1.165) is 25.9 Å². The fraction of sp³-hybridized carbons (Fsp3) is 0.455. The van der Waals surface area contributed by atoms with Gasteiger partial charge in [0, 0.05) is 50.2 Å². The Labute approximate surface area is 267 Å². The van der Waals surface area contributed by atoms with E-state index in [1.54, 1.807) is 6.33 Å². The molecule has 2 amide bonds. The molecule has 13 heteroatoms. The second kappa shape index (κ2) is 13.2. The molecule has 1 saturated carbocycles. The Morgan fingerprint density at radius 1 is 0.978 bits per heavy atom. The van der Waals surface area contributed by atoms with Crippen LogP contribution in [-0.2, 0) is 0 Å². The number of imidazole rings is 1. The third-order valence-corrected chi connectivity index (χ3v) is 9.54. The molecule has 13 nitrogen and oxygen atoms in total. The van der Waals surface area contributed by atoms with Crippen molar-refractivity contribution >= 4 is 29.0 Å². The third-order valence-electron chi connectivity index (χ3n) is 9.54. The quantitative estimate of drug-likeness (QED) is 0.143. The molecule has 4 heterocycles. The van der Waals surface area contributed by atoms with Crippen molar-refractivity contribution in [2.75, 3.05) is 42.9 Å². The molecule has 2 saturated heterocycles. The van der Waals surface area contributed by atoms with E-state index in [0.29, 0.717) is 49.0 Å². The first-order valence-electron chi connectivity index (χ1n) is 16.2. The van der Waals surface area contributed by atoms with Crippen molar-refractivity contribution in [2.45, 2.75) is 61.6 Å². The number of nitrogens with one attached hydrogen (secondary N) is 4. The monoisotopic (exact) mass is 626 g/mol. The van der Waals surface area contributed by atoms with Crippen molar-refractivity contribution in [1.29, 1.82) is 0 Å². The molecule has 4 aromatic rings. The van der Waals surface area contributed by atoms with Crippen LogP contribution in [0.5, 0.6) is 0 Å². The second-order valence-corrected chi connectivity index (χ2v) is 12.6. The van der Waals surface area contributed by atoms with Gasteiger partial charge in [-0.3, -0.25) is 0 Å². The largest absolute Gasteiger partial charge is 0.389 e. The molecule has 7 rings (SSSR count). The van der Waals surface area contributed by atoms with E-state index in [2.05, 4.69) is 50.4 Å². The molecule has 242 valence electrons. The summed E-state index contributed by atoms with van der Waals surface area (Å²) in [5, 5.41) is 34.3. The van der Waals surface area contributed by atoms with Crippen LogP contribution < -0.4 is 31.9 Å². The Balaban J connectivity index is 1.18. The summed E-state index contributed by atoms with van der Waals surface area (Å²) >= 11 is 0. The Kier molecular flexibility index (Phi) is 8.71. The number of aliphatic hydroxyl groups is 2. The number of anilines is 2. The second-order valence-electron chi connectivity index (χ2n) is 12.6. The predicted molar refractivity (Wildman–Crippen MR) is 176 cm³/mol. The zero-order chi connectivity index (χ0) is 31.6. The maximum atomic E-state index is 12.7. The standard InChI is InChI=1S/C33H42N10O3/c34-25-15-26(29(45)28(25)44)43-19-37-27-30(36-17-24(20-7-3-1-4-8-20)21-9-5-2-6-10-21)40-32(41-31(27)43)42-14-12-23(18-42)39-33(46)38-22-11-13-35-16-22/h1-10,19,22-26,28-29,35,44-45H,11-18,34H2,(H,36,40,41)(H2,38,39,46)/t22-,23-,25+,26-,28-,29+/m1/s1. The van der Waals surface area contributed by atoms with Gasteiger partial charge in [-0.1, -0.05) is 60.7 Å². The highest BCUT2D eigenvalue weighted by Gasteiger charge is 2.41. The van der Waals surface area contributed by atoms with Gasteiger partial charge in [-0.15, -0.1) is 0 Å². The van der Waals surface area contributed by atoms with Gasteiger partial charge in [0.05, 0.1) is 18.5 Å². The smallest absolute Gasteiger partial charge is 0.315 e. The lowest BCUT2D eigenvalue weighted by molar-refractivity contribution is 0.0187. The fourth-order valence-corrected chi connectivity index (χ4v) is 6.98.